The third kappa shape index (κ3) is 6.10. The number of aryl methyl sites for hydroxylation is 2. The van der Waals surface area contributed by atoms with E-state index in [0.29, 0.717) is 12.3 Å². The summed E-state index contributed by atoms with van der Waals surface area (Å²) < 4.78 is 0. The maximum atomic E-state index is 11.6. The Hall–Kier alpha value is -1.31. The lowest BCUT2D eigenvalue weighted by Gasteiger charge is -2.07. The minimum absolute atomic E-state index is 0.159. The van der Waals surface area contributed by atoms with E-state index in [1.54, 1.807) is 0 Å². The molecule has 0 aliphatic heterocycles. The van der Waals surface area contributed by atoms with Crippen molar-refractivity contribution in [2.24, 2.45) is 5.92 Å². The van der Waals surface area contributed by atoms with E-state index in [1.807, 2.05) is 0 Å². The Labute approximate surface area is 104 Å². The average molecular weight is 233 g/mol. The van der Waals surface area contributed by atoms with Crippen molar-refractivity contribution in [3.63, 3.8) is 0 Å². The van der Waals surface area contributed by atoms with Crippen molar-refractivity contribution in [1.82, 2.24) is 5.32 Å². The van der Waals surface area contributed by atoms with Crippen molar-refractivity contribution in [2.75, 3.05) is 6.54 Å². The van der Waals surface area contributed by atoms with Crippen LogP contribution in [0.5, 0.6) is 0 Å². The van der Waals surface area contributed by atoms with Gasteiger partial charge in [0.2, 0.25) is 5.91 Å². The first-order valence-corrected chi connectivity index (χ1v) is 6.40. The average Bonchev–Trinajstić information content (AvgIpc) is 2.28. The zero-order valence-corrected chi connectivity index (χ0v) is 11.1. The Kier molecular flexibility index (Phi) is 5.75. The molecule has 0 saturated carbocycles. The van der Waals surface area contributed by atoms with Crippen molar-refractivity contribution in [3.8, 4) is 0 Å². The highest BCUT2D eigenvalue weighted by atomic mass is 16.1. The van der Waals surface area contributed by atoms with Crippen LogP contribution in [0.1, 0.15) is 37.8 Å². The fourth-order valence-corrected chi connectivity index (χ4v) is 1.60. The lowest BCUT2D eigenvalue weighted by Crippen LogP contribution is -2.25. The summed E-state index contributed by atoms with van der Waals surface area (Å²) in [5.41, 5.74) is 2.49. The highest BCUT2D eigenvalue weighted by Gasteiger charge is 2.02. The van der Waals surface area contributed by atoms with E-state index < -0.39 is 0 Å². The highest BCUT2D eigenvalue weighted by molar-refractivity contribution is 5.76. The van der Waals surface area contributed by atoms with Gasteiger partial charge < -0.3 is 5.32 Å². The fourth-order valence-electron chi connectivity index (χ4n) is 1.60. The predicted molar refractivity (Wildman–Crippen MR) is 72.0 cm³/mol. The minimum atomic E-state index is 0.159. The molecule has 0 bridgehead atoms. The van der Waals surface area contributed by atoms with Gasteiger partial charge in [-0.1, -0.05) is 43.7 Å². The zero-order valence-electron chi connectivity index (χ0n) is 11.1. The van der Waals surface area contributed by atoms with Crippen molar-refractivity contribution < 1.29 is 4.79 Å². The topological polar surface area (TPSA) is 29.1 Å². The predicted octanol–water partition coefficient (Wildman–Crippen LogP) is 3.09. The van der Waals surface area contributed by atoms with Gasteiger partial charge in [0.25, 0.3) is 0 Å². The molecule has 0 aliphatic rings. The molecule has 2 nitrogen and oxygen atoms in total. The number of rotatable bonds is 6. The van der Waals surface area contributed by atoms with E-state index in [-0.39, 0.29) is 5.91 Å². The Morgan fingerprint density at radius 1 is 1.24 bits per heavy atom. The second-order valence-corrected chi connectivity index (χ2v) is 5.02. The van der Waals surface area contributed by atoms with Crippen LogP contribution in [0.2, 0.25) is 0 Å². The van der Waals surface area contributed by atoms with E-state index in [2.05, 4.69) is 50.4 Å². The fraction of sp³-hybridized carbons (Fsp3) is 0.533. The molecule has 1 N–H and O–H groups in total. The summed E-state index contributed by atoms with van der Waals surface area (Å²) in [6, 6.07) is 8.37. The number of benzene rings is 1. The molecule has 0 saturated heterocycles. The van der Waals surface area contributed by atoms with Gasteiger partial charge in [0, 0.05) is 13.0 Å². The highest BCUT2D eigenvalue weighted by Crippen LogP contribution is 2.05. The van der Waals surface area contributed by atoms with Gasteiger partial charge in [0.05, 0.1) is 0 Å². The maximum Gasteiger partial charge on any atom is 0.220 e. The summed E-state index contributed by atoms with van der Waals surface area (Å²) in [4.78, 5) is 11.6. The summed E-state index contributed by atoms with van der Waals surface area (Å²) in [6.45, 7) is 7.20. The van der Waals surface area contributed by atoms with E-state index >= 15 is 0 Å². The lowest BCUT2D eigenvalue weighted by molar-refractivity contribution is -0.121. The molecule has 0 spiro atoms. The molecule has 1 aromatic carbocycles. The molecule has 1 rings (SSSR count). The molecule has 0 heterocycles. The molecule has 94 valence electrons. The van der Waals surface area contributed by atoms with Crippen molar-refractivity contribution in [2.45, 2.75) is 40.0 Å². The first-order chi connectivity index (χ1) is 8.08. The lowest BCUT2D eigenvalue weighted by atomic mass is 10.1. The number of hydrogen-bond acceptors (Lipinski definition) is 1. The number of carbonyl (C=O) groups excluding carboxylic acids is 1. The number of nitrogens with one attached hydrogen (secondary N) is 1. The molecule has 0 aliphatic carbocycles. The molecule has 1 amide bonds. The SMILES string of the molecule is Cc1ccc(CCC(=O)NCCC(C)C)cc1. The standard InChI is InChI=1S/C15H23NO/c1-12(2)10-11-16-15(17)9-8-14-6-4-13(3)5-7-14/h4-7,12H,8-11H2,1-3H3,(H,16,17). The quantitative estimate of drug-likeness (QED) is 0.803. The van der Waals surface area contributed by atoms with E-state index in [1.165, 1.54) is 11.1 Å². The third-order valence-corrected chi connectivity index (χ3v) is 2.81. The Balaban J connectivity index is 2.21. The molecule has 0 aromatic heterocycles. The van der Waals surface area contributed by atoms with Crippen LogP contribution in [0.4, 0.5) is 0 Å². The Bertz CT molecular complexity index is 340. The Morgan fingerprint density at radius 3 is 2.47 bits per heavy atom. The van der Waals surface area contributed by atoms with Crippen LogP contribution in [0.25, 0.3) is 0 Å². The van der Waals surface area contributed by atoms with Gasteiger partial charge >= 0.3 is 0 Å². The molecule has 0 atom stereocenters. The largest absolute Gasteiger partial charge is 0.356 e. The molecule has 0 fully saturated rings. The molecule has 0 radical (unpaired) electrons. The molecule has 2 heteroatoms. The van der Waals surface area contributed by atoms with Crippen molar-refractivity contribution in [1.29, 1.82) is 0 Å². The monoisotopic (exact) mass is 233 g/mol. The summed E-state index contributed by atoms with van der Waals surface area (Å²) in [5, 5.41) is 2.96. The number of hydrogen-bond donors (Lipinski definition) is 1. The van der Waals surface area contributed by atoms with Gasteiger partial charge in [-0.3, -0.25) is 4.79 Å². The van der Waals surface area contributed by atoms with Crippen LogP contribution in [0, 0.1) is 12.8 Å². The van der Waals surface area contributed by atoms with Crippen molar-refractivity contribution >= 4 is 5.91 Å². The maximum absolute atomic E-state index is 11.6. The van der Waals surface area contributed by atoms with Gasteiger partial charge in [-0.2, -0.15) is 0 Å². The number of amides is 1. The van der Waals surface area contributed by atoms with Crippen LogP contribution in [0.15, 0.2) is 24.3 Å². The molecule has 0 unspecified atom stereocenters. The number of carbonyl (C=O) groups is 1. The van der Waals surface area contributed by atoms with Gasteiger partial charge in [-0.15, -0.1) is 0 Å². The summed E-state index contributed by atoms with van der Waals surface area (Å²) >= 11 is 0. The first-order valence-electron chi connectivity index (χ1n) is 6.40. The van der Waals surface area contributed by atoms with Gasteiger partial charge in [0.15, 0.2) is 0 Å². The van der Waals surface area contributed by atoms with E-state index in [0.717, 1.165) is 19.4 Å². The van der Waals surface area contributed by atoms with Crippen LogP contribution < -0.4 is 5.32 Å². The molecule has 1 aromatic rings. The molecule has 17 heavy (non-hydrogen) atoms. The first kappa shape index (κ1) is 13.8. The summed E-state index contributed by atoms with van der Waals surface area (Å²) in [5.74, 6) is 0.804. The second-order valence-electron chi connectivity index (χ2n) is 5.02. The summed E-state index contributed by atoms with van der Waals surface area (Å²) in [7, 11) is 0. The summed E-state index contributed by atoms with van der Waals surface area (Å²) in [6.07, 6.45) is 2.46. The smallest absolute Gasteiger partial charge is 0.220 e. The van der Waals surface area contributed by atoms with Gasteiger partial charge in [0.1, 0.15) is 0 Å². The van der Waals surface area contributed by atoms with Gasteiger partial charge in [-0.05, 0) is 31.2 Å². The normalized spacial score (nSPS) is 10.6. The van der Waals surface area contributed by atoms with Crippen LogP contribution in [-0.4, -0.2) is 12.5 Å². The molecular formula is C15H23NO. The second kappa shape index (κ2) is 7.10. The van der Waals surface area contributed by atoms with Crippen LogP contribution in [-0.2, 0) is 11.2 Å². The van der Waals surface area contributed by atoms with E-state index in [4.69, 9.17) is 0 Å². The molecular weight excluding hydrogens is 210 g/mol. The Morgan fingerprint density at radius 2 is 1.88 bits per heavy atom. The van der Waals surface area contributed by atoms with Crippen LogP contribution >= 0.6 is 0 Å². The third-order valence-electron chi connectivity index (χ3n) is 2.81. The van der Waals surface area contributed by atoms with Crippen LogP contribution in [0.3, 0.4) is 0 Å². The van der Waals surface area contributed by atoms with Crippen molar-refractivity contribution in [3.05, 3.63) is 35.4 Å². The van der Waals surface area contributed by atoms with E-state index in [9.17, 15) is 4.79 Å². The zero-order chi connectivity index (χ0) is 12.7. The minimum Gasteiger partial charge on any atom is -0.356 e. The van der Waals surface area contributed by atoms with Gasteiger partial charge in [-0.25, -0.2) is 0 Å².